The normalized spacial score (nSPS) is 12.5. The Bertz CT molecular complexity index is 270. The first-order chi connectivity index (χ1) is 5.74. The third-order valence-corrected chi connectivity index (χ3v) is 2.29. The van der Waals surface area contributed by atoms with Crippen molar-refractivity contribution in [2.45, 2.75) is 12.5 Å². The lowest BCUT2D eigenvalue weighted by Crippen LogP contribution is -1.95. The van der Waals surface area contributed by atoms with Crippen LogP contribution in [-0.4, -0.2) is 5.11 Å². The molecule has 64 valence electrons. The summed E-state index contributed by atoms with van der Waals surface area (Å²) in [5, 5.41) is 9.57. The Morgan fingerprint density at radius 3 is 2.92 bits per heavy atom. The monoisotopic (exact) mass is 274 g/mol. The van der Waals surface area contributed by atoms with Crippen LogP contribution >= 0.6 is 22.6 Å². The molecular formula is C10H11IO. The zero-order valence-electron chi connectivity index (χ0n) is 6.70. The molecule has 1 aromatic rings. The van der Waals surface area contributed by atoms with Gasteiger partial charge in [-0.1, -0.05) is 18.2 Å². The van der Waals surface area contributed by atoms with E-state index in [9.17, 15) is 5.11 Å². The van der Waals surface area contributed by atoms with Gasteiger partial charge in [0.15, 0.2) is 0 Å². The Kier molecular flexibility index (Phi) is 3.75. The Labute approximate surface area is 86.3 Å². The van der Waals surface area contributed by atoms with Gasteiger partial charge in [0.2, 0.25) is 0 Å². The zero-order chi connectivity index (χ0) is 8.97. The third-order valence-electron chi connectivity index (χ3n) is 1.62. The molecule has 0 fully saturated rings. The average molecular weight is 274 g/mol. The van der Waals surface area contributed by atoms with E-state index in [1.165, 1.54) is 0 Å². The second-order valence-corrected chi connectivity index (χ2v) is 3.84. The van der Waals surface area contributed by atoms with Crippen molar-refractivity contribution in [3.05, 3.63) is 46.1 Å². The van der Waals surface area contributed by atoms with E-state index >= 15 is 0 Å². The maximum absolute atomic E-state index is 9.57. The van der Waals surface area contributed by atoms with Crippen LogP contribution in [-0.2, 0) is 0 Å². The van der Waals surface area contributed by atoms with Crippen LogP contribution < -0.4 is 0 Å². The van der Waals surface area contributed by atoms with E-state index < -0.39 is 6.10 Å². The first-order valence-electron chi connectivity index (χ1n) is 3.78. The topological polar surface area (TPSA) is 20.2 Å². The molecule has 0 heterocycles. The van der Waals surface area contributed by atoms with Crippen LogP contribution in [0, 0.1) is 3.57 Å². The van der Waals surface area contributed by atoms with Crippen LogP contribution in [0.15, 0.2) is 36.9 Å². The molecule has 1 N–H and O–H groups in total. The summed E-state index contributed by atoms with van der Waals surface area (Å²) >= 11 is 2.23. The largest absolute Gasteiger partial charge is 0.388 e. The molecule has 12 heavy (non-hydrogen) atoms. The maximum Gasteiger partial charge on any atom is 0.0824 e. The summed E-state index contributed by atoms with van der Waals surface area (Å²) in [7, 11) is 0. The van der Waals surface area contributed by atoms with E-state index in [4.69, 9.17) is 0 Å². The molecule has 0 aliphatic carbocycles. The summed E-state index contributed by atoms with van der Waals surface area (Å²) in [4.78, 5) is 0. The molecule has 1 unspecified atom stereocenters. The van der Waals surface area contributed by atoms with Gasteiger partial charge in [0, 0.05) is 3.57 Å². The fraction of sp³-hybridized carbons (Fsp3) is 0.200. The molecule has 0 amide bonds. The molecule has 1 atom stereocenters. The predicted molar refractivity (Wildman–Crippen MR) is 58.9 cm³/mol. The second-order valence-electron chi connectivity index (χ2n) is 2.60. The first kappa shape index (κ1) is 9.74. The van der Waals surface area contributed by atoms with E-state index in [2.05, 4.69) is 29.2 Å². The number of halogens is 1. The van der Waals surface area contributed by atoms with Gasteiger partial charge in [-0.15, -0.1) is 6.58 Å². The highest BCUT2D eigenvalue weighted by molar-refractivity contribution is 14.1. The summed E-state index contributed by atoms with van der Waals surface area (Å²) < 4.78 is 1.15. The number of aliphatic hydroxyl groups excluding tert-OH is 1. The number of aliphatic hydroxyl groups is 1. The van der Waals surface area contributed by atoms with E-state index in [-0.39, 0.29) is 0 Å². The molecule has 1 aromatic carbocycles. The summed E-state index contributed by atoms with van der Waals surface area (Å²) in [6.07, 6.45) is 1.93. The van der Waals surface area contributed by atoms with Crippen LogP contribution in [0.2, 0.25) is 0 Å². The number of hydrogen-bond donors (Lipinski definition) is 1. The van der Waals surface area contributed by atoms with Crippen molar-refractivity contribution in [1.29, 1.82) is 0 Å². The Morgan fingerprint density at radius 1 is 1.58 bits per heavy atom. The highest BCUT2D eigenvalue weighted by Gasteiger charge is 2.04. The molecule has 2 heteroatoms. The molecule has 0 aliphatic rings. The minimum absolute atomic E-state index is 0.405. The van der Waals surface area contributed by atoms with Gasteiger partial charge in [-0.25, -0.2) is 0 Å². The first-order valence-corrected chi connectivity index (χ1v) is 4.86. The van der Waals surface area contributed by atoms with Crippen LogP contribution in [0.5, 0.6) is 0 Å². The van der Waals surface area contributed by atoms with Crippen molar-refractivity contribution >= 4 is 22.6 Å². The number of benzene rings is 1. The standard InChI is InChI=1S/C10H11IO/c1-2-4-10(12)8-5-3-6-9(11)7-8/h2-3,5-7,10,12H,1,4H2. The fourth-order valence-electron chi connectivity index (χ4n) is 1.01. The van der Waals surface area contributed by atoms with Crippen molar-refractivity contribution in [2.75, 3.05) is 0 Å². The fourth-order valence-corrected chi connectivity index (χ4v) is 1.58. The Morgan fingerprint density at radius 2 is 2.33 bits per heavy atom. The van der Waals surface area contributed by atoms with Gasteiger partial charge in [0.25, 0.3) is 0 Å². The van der Waals surface area contributed by atoms with Crippen molar-refractivity contribution in [3.63, 3.8) is 0 Å². The molecule has 0 saturated carbocycles. The highest BCUT2D eigenvalue weighted by Crippen LogP contribution is 2.18. The van der Waals surface area contributed by atoms with Crippen LogP contribution in [0.4, 0.5) is 0 Å². The molecule has 0 saturated heterocycles. The third kappa shape index (κ3) is 2.60. The lowest BCUT2D eigenvalue weighted by atomic mass is 10.1. The predicted octanol–water partition coefficient (Wildman–Crippen LogP) is 2.90. The van der Waals surface area contributed by atoms with E-state index in [0.717, 1.165) is 9.13 Å². The number of rotatable bonds is 3. The lowest BCUT2D eigenvalue weighted by molar-refractivity contribution is 0.181. The summed E-state index contributed by atoms with van der Waals surface area (Å²) in [5.74, 6) is 0. The van der Waals surface area contributed by atoms with Gasteiger partial charge in [0.1, 0.15) is 0 Å². The molecule has 0 bridgehead atoms. The van der Waals surface area contributed by atoms with Crippen LogP contribution in [0.3, 0.4) is 0 Å². The molecule has 0 aromatic heterocycles. The van der Waals surface area contributed by atoms with Crippen LogP contribution in [0.1, 0.15) is 18.1 Å². The molecule has 0 aliphatic heterocycles. The SMILES string of the molecule is C=CCC(O)c1cccc(I)c1. The summed E-state index contributed by atoms with van der Waals surface area (Å²) in [5.41, 5.74) is 0.960. The molecule has 1 nitrogen and oxygen atoms in total. The molecule has 0 spiro atoms. The van der Waals surface area contributed by atoms with Crippen molar-refractivity contribution in [2.24, 2.45) is 0 Å². The van der Waals surface area contributed by atoms with Gasteiger partial charge >= 0.3 is 0 Å². The zero-order valence-corrected chi connectivity index (χ0v) is 8.86. The number of hydrogen-bond acceptors (Lipinski definition) is 1. The Hall–Kier alpha value is -0.350. The van der Waals surface area contributed by atoms with Gasteiger partial charge in [-0.2, -0.15) is 0 Å². The minimum atomic E-state index is -0.405. The average Bonchev–Trinajstić information content (AvgIpc) is 2.05. The van der Waals surface area contributed by atoms with Gasteiger partial charge < -0.3 is 5.11 Å². The summed E-state index contributed by atoms with van der Waals surface area (Å²) in [6, 6.07) is 7.86. The lowest BCUT2D eigenvalue weighted by Gasteiger charge is -2.07. The quantitative estimate of drug-likeness (QED) is 0.663. The van der Waals surface area contributed by atoms with E-state index in [1.807, 2.05) is 24.3 Å². The minimum Gasteiger partial charge on any atom is -0.388 e. The van der Waals surface area contributed by atoms with Crippen LogP contribution in [0.25, 0.3) is 0 Å². The highest BCUT2D eigenvalue weighted by atomic mass is 127. The summed E-state index contributed by atoms with van der Waals surface area (Å²) in [6.45, 7) is 3.59. The van der Waals surface area contributed by atoms with Crippen molar-refractivity contribution < 1.29 is 5.11 Å². The smallest absolute Gasteiger partial charge is 0.0824 e. The second kappa shape index (κ2) is 4.62. The molecule has 1 rings (SSSR count). The maximum atomic E-state index is 9.57. The van der Waals surface area contributed by atoms with Gasteiger partial charge in [-0.05, 0) is 46.7 Å². The van der Waals surface area contributed by atoms with Gasteiger partial charge in [-0.3, -0.25) is 0 Å². The van der Waals surface area contributed by atoms with Crippen molar-refractivity contribution in [1.82, 2.24) is 0 Å². The molecule has 0 radical (unpaired) electrons. The van der Waals surface area contributed by atoms with E-state index in [1.54, 1.807) is 6.08 Å². The Balaban J connectivity index is 2.80. The van der Waals surface area contributed by atoms with Gasteiger partial charge in [0.05, 0.1) is 6.10 Å². The van der Waals surface area contributed by atoms with E-state index in [0.29, 0.717) is 6.42 Å². The molecular weight excluding hydrogens is 263 g/mol. The van der Waals surface area contributed by atoms with Crippen molar-refractivity contribution in [3.8, 4) is 0 Å².